The smallest absolute Gasteiger partial charge is 0.229 e. The van der Waals surface area contributed by atoms with E-state index in [0.717, 1.165) is 41.3 Å². The molecule has 1 heterocycles. The monoisotopic (exact) mass is 351 g/mol. The van der Waals surface area contributed by atoms with Gasteiger partial charge in [-0.05, 0) is 30.5 Å². The normalized spacial score (nSPS) is 12.1. The van der Waals surface area contributed by atoms with Crippen molar-refractivity contribution in [3.8, 4) is 0 Å². The largest absolute Gasteiger partial charge is 0.300 e. The predicted octanol–water partition coefficient (Wildman–Crippen LogP) is 4.94. The van der Waals surface area contributed by atoms with Crippen LogP contribution in [-0.4, -0.2) is 16.1 Å². The van der Waals surface area contributed by atoms with Gasteiger partial charge < -0.3 is 5.32 Å². The van der Waals surface area contributed by atoms with Gasteiger partial charge in [-0.25, -0.2) is 0 Å². The van der Waals surface area contributed by atoms with Gasteiger partial charge in [0.25, 0.3) is 0 Å². The molecular formula is C17H22ClN3OS. The molecule has 23 heavy (non-hydrogen) atoms. The van der Waals surface area contributed by atoms with Crippen molar-refractivity contribution in [3.63, 3.8) is 0 Å². The molecule has 1 aromatic carbocycles. The summed E-state index contributed by atoms with van der Waals surface area (Å²) < 4.78 is 0. The lowest BCUT2D eigenvalue weighted by Crippen LogP contribution is -2.22. The second-order valence-electron chi connectivity index (χ2n) is 5.54. The van der Waals surface area contributed by atoms with E-state index in [2.05, 4.69) is 22.4 Å². The molecule has 0 bridgehead atoms. The average molecular weight is 352 g/mol. The van der Waals surface area contributed by atoms with E-state index in [1.165, 1.54) is 11.3 Å². The molecule has 0 unspecified atom stereocenters. The fourth-order valence-electron chi connectivity index (χ4n) is 2.33. The number of carbonyl (C=O) groups excluding carboxylic acids is 1. The first kappa shape index (κ1) is 17.9. The Morgan fingerprint density at radius 3 is 2.65 bits per heavy atom. The van der Waals surface area contributed by atoms with Gasteiger partial charge in [0.15, 0.2) is 0 Å². The second kappa shape index (κ2) is 8.99. The molecule has 0 saturated carbocycles. The maximum Gasteiger partial charge on any atom is 0.229 e. The van der Waals surface area contributed by atoms with Gasteiger partial charge in [-0.3, -0.25) is 4.79 Å². The lowest BCUT2D eigenvalue weighted by molar-refractivity contribution is -0.120. The van der Waals surface area contributed by atoms with E-state index in [1.807, 2.05) is 31.2 Å². The first-order valence-electron chi connectivity index (χ1n) is 8.00. The van der Waals surface area contributed by atoms with Crippen LogP contribution in [0.2, 0.25) is 5.02 Å². The van der Waals surface area contributed by atoms with E-state index >= 15 is 0 Å². The van der Waals surface area contributed by atoms with Crippen LogP contribution < -0.4 is 5.32 Å². The number of benzene rings is 1. The van der Waals surface area contributed by atoms with Crippen molar-refractivity contribution in [1.29, 1.82) is 0 Å². The van der Waals surface area contributed by atoms with Crippen LogP contribution in [0.25, 0.3) is 0 Å². The topological polar surface area (TPSA) is 54.9 Å². The van der Waals surface area contributed by atoms with Crippen LogP contribution in [0.1, 0.15) is 50.1 Å². The summed E-state index contributed by atoms with van der Waals surface area (Å²) in [5.74, 6) is 0.105. The number of nitrogens with one attached hydrogen (secondary N) is 1. The molecule has 0 radical (unpaired) electrons. The summed E-state index contributed by atoms with van der Waals surface area (Å²) in [4.78, 5) is 12.3. The molecule has 1 N–H and O–H groups in total. The Bertz CT molecular complexity index is 627. The first-order chi connectivity index (χ1) is 11.1. The van der Waals surface area contributed by atoms with Crippen LogP contribution in [-0.2, 0) is 11.2 Å². The molecule has 0 fully saturated rings. The minimum atomic E-state index is 0.0511. The Hall–Kier alpha value is -1.46. The standard InChI is InChI=1S/C17H22ClN3OS/c1-3-5-6-13(4-2)16(22)19-17-21-20-15(23-17)11-12-7-9-14(18)10-8-12/h7-10,13H,3-6,11H2,1-2H3,(H,19,21,22)/t13-/m0/s1. The number of unbranched alkanes of at least 4 members (excludes halogenated alkanes) is 1. The number of hydrogen-bond acceptors (Lipinski definition) is 4. The van der Waals surface area contributed by atoms with Crippen LogP contribution in [0, 0.1) is 5.92 Å². The molecule has 1 amide bonds. The van der Waals surface area contributed by atoms with Gasteiger partial charge in [0.05, 0.1) is 0 Å². The molecule has 4 nitrogen and oxygen atoms in total. The SMILES string of the molecule is CCCC[C@H](CC)C(=O)Nc1nnc(Cc2ccc(Cl)cc2)s1. The fraction of sp³-hybridized carbons (Fsp3) is 0.471. The highest BCUT2D eigenvalue weighted by Crippen LogP contribution is 2.21. The molecule has 124 valence electrons. The molecule has 1 atom stereocenters. The molecule has 0 aliphatic carbocycles. The zero-order valence-electron chi connectivity index (χ0n) is 13.5. The molecule has 0 aliphatic heterocycles. The van der Waals surface area contributed by atoms with E-state index in [4.69, 9.17) is 11.6 Å². The second-order valence-corrected chi connectivity index (χ2v) is 7.04. The maximum absolute atomic E-state index is 12.3. The van der Waals surface area contributed by atoms with Gasteiger partial charge in [-0.1, -0.05) is 61.8 Å². The Labute approximate surface area is 146 Å². The molecule has 6 heteroatoms. The van der Waals surface area contributed by atoms with Crippen LogP contribution in [0.15, 0.2) is 24.3 Å². The number of aromatic nitrogens is 2. The van der Waals surface area contributed by atoms with Crippen molar-refractivity contribution >= 4 is 34.0 Å². The zero-order valence-corrected chi connectivity index (χ0v) is 15.1. The number of anilines is 1. The third-order valence-corrected chi connectivity index (χ3v) is 4.83. The van der Waals surface area contributed by atoms with Gasteiger partial charge in [0.2, 0.25) is 11.0 Å². The molecule has 0 saturated heterocycles. The summed E-state index contributed by atoms with van der Waals surface area (Å²) in [5, 5.41) is 13.3. The quantitative estimate of drug-likeness (QED) is 0.733. The van der Waals surface area contributed by atoms with Crippen molar-refractivity contribution in [2.75, 3.05) is 5.32 Å². The van der Waals surface area contributed by atoms with Crippen molar-refractivity contribution in [2.45, 2.75) is 46.0 Å². The number of halogens is 1. The maximum atomic E-state index is 12.3. The molecular weight excluding hydrogens is 330 g/mol. The van der Waals surface area contributed by atoms with Crippen molar-refractivity contribution in [1.82, 2.24) is 10.2 Å². The van der Waals surface area contributed by atoms with Gasteiger partial charge in [-0.15, -0.1) is 10.2 Å². The molecule has 1 aromatic heterocycles. The Balaban J connectivity index is 1.93. The average Bonchev–Trinajstić information content (AvgIpc) is 2.97. The Morgan fingerprint density at radius 2 is 2.00 bits per heavy atom. The summed E-state index contributed by atoms with van der Waals surface area (Å²) in [6.07, 6.45) is 4.65. The minimum Gasteiger partial charge on any atom is -0.300 e. The van der Waals surface area contributed by atoms with E-state index in [0.29, 0.717) is 11.6 Å². The number of rotatable bonds is 8. The minimum absolute atomic E-state index is 0.0511. The fourth-order valence-corrected chi connectivity index (χ4v) is 3.23. The van der Waals surface area contributed by atoms with E-state index in [-0.39, 0.29) is 11.8 Å². The highest BCUT2D eigenvalue weighted by molar-refractivity contribution is 7.15. The van der Waals surface area contributed by atoms with Gasteiger partial charge in [-0.2, -0.15) is 0 Å². The Kier molecular flexibility index (Phi) is 6.99. The summed E-state index contributed by atoms with van der Waals surface area (Å²) in [7, 11) is 0. The molecule has 2 rings (SSSR count). The summed E-state index contributed by atoms with van der Waals surface area (Å²) in [5.41, 5.74) is 1.12. The van der Waals surface area contributed by atoms with Crippen LogP contribution >= 0.6 is 22.9 Å². The van der Waals surface area contributed by atoms with Crippen molar-refractivity contribution in [2.24, 2.45) is 5.92 Å². The first-order valence-corrected chi connectivity index (χ1v) is 9.19. The third-order valence-electron chi connectivity index (χ3n) is 3.74. The zero-order chi connectivity index (χ0) is 16.7. The van der Waals surface area contributed by atoms with Gasteiger partial charge >= 0.3 is 0 Å². The van der Waals surface area contributed by atoms with Crippen molar-refractivity contribution in [3.05, 3.63) is 39.9 Å². The number of nitrogens with zero attached hydrogens (tertiary/aromatic N) is 2. The third kappa shape index (κ3) is 5.59. The predicted molar refractivity (Wildman–Crippen MR) is 96.1 cm³/mol. The summed E-state index contributed by atoms with van der Waals surface area (Å²) >= 11 is 7.31. The van der Waals surface area contributed by atoms with Gasteiger partial charge in [0.1, 0.15) is 5.01 Å². The number of carbonyl (C=O) groups is 1. The molecule has 0 aliphatic rings. The molecule has 0 spiro atoms. The van der Waals surface area contributed by atoms with E-state index < -0.39 is 0 Å². The van der Waals surface area contributed by atoms with E-state index in [9.17, 15) is 4.79 Å². The highest BCUT2D eigenvalue weighted by atomic mass is 35.5. The molecule has 2 aromatic rings. The van der Waals surface area contributed by atoms with Crippen LogP contribution in [0.3, 0.4) is 0 Å². The highest BCUT2D eigenvalue weighted by Gasteiger charge is 2.17. The lowest BCUT2D eigenvalue weighted by atomic mass is 9.99. The number of amides is 1. The summed E-state index contributed by atoms with van der Waals surface area (Å²) in [6, 6.07) is 7.67. The summed E-state index contributed by atoms with van der Waals surface area (Å²) in [6.45, 7) is 4.18. The Morgan fingerprint density at radius 1 is 1.26 bits per heavy atom. The van der Waals surface area contributed by atoms with Gasteiger partial charge in [0, 0.05) is 17.4 Å². The van der Waals surface area contributed by atoms with Crippen LogP contribution in [0.5, 0.6) is 0 Å². The lowest BCUT2D eigenvalue weighted by Gasteiger charge is -2.12. The van der Waals surface area contributed by atoms with Crippen molar-refractivity contribution < 1.29 is 4.79 Å². The number of hydrogen-bond donors (Lipinski definition) is 1. The van der Waals surface area contributed by atoms with Crippen LogP contribution in [0.4, 0.5) is 5.13 Å². The van der Waals surface area contributed by atoms with E-state index in [1.54, 1.807) is 0 Å².